The Morgan fingerprint density at radius 2 is 2.22 bits per heavy atom. The van der Waals surface area contributed by atoms with Crippen molar-refractivity contribution in [2.75, 3.05) is 5.32 Å². The van der Waals surface area contributed by atoms with E-state index in [-0.39, 0.29) is 11.3 Å². The smallest absolute Gasteiger partial charge is 0.320 e. The highest BCUT2D eigenvalue weighted by Crippen LogP contribution is 2.40. The molecule has 5 N–H and O–H groups in total. The molecular weight excluding hydrogens is 243 g/mol. The van der Waals surface area contributed by atoms with Gasteiger partial charge in [-0.1, -0.05) is 12.1 Å². The van der Waals surface area contributed by atoms with Crippen LogP contribution < -0.4 is 11.1 Å². The van der Waals surface area contributed by atoms with Crippen LogP contribution in [0.5, 0.6) is 0 Å². The Labute approximate surface area is 101 Å². The molecule has 0 aromatic heterocycles. The molecule has 1 amide bonds. The van der Waals surface area contributed by atoms with Gasteiger partial charge in [-0.3, -0.25) is 9.59 Å². The minimum Gasteiger partial charge on any atom is -0.480 e. The van der Waals surface area contributed by atoms with E-state index in [1.807, 2.05) is 0 Å². The van der Waals surface area contributed by atoms with Gasteiger partial charge in [0.05, 0.1) is 5.69 Å². The van der Waals surface area contributed by atoms with E-state index in [4.69, 9.17) is 10.8 Å². The highest BCUT2D eigenvalue weighted by atomic mass is 19.1. The van der Waals surface area contributed by atoms with Gasteiger partial charge in [0.1, 0.15) is 11.9 Å². The third kappa shape index (κ3) is 1.73. The number of anilines is 1. The Hall–Kier alpha value is -1.99. The lowest BCUT2D eigenvalue weighted by Crippen LogP contribution is -2.43. The Bertz CT molecular complexity index is 534. The van der Waals surface area contributed by atoms with E-state index in [1.54, 1.807) is 0 Å². The van der Waals surface area contributed by atoms with Gasteiger partial charge in [-0.2, -0.15) is 0 Å². The molecule has 7 heteroatoms. The summed E-state index contributed by atoms with van der Waals surface area (Å²) in [6.07, 6.45) is -0.523. The Morgan fingerprint density at radius 3 is 2.83 bits per heavy atom. The lowest BCUT2D eigenvalue weighted by atomic mass is 9.88. The second kappa shape index (κ2) is 4.04. The van der Waals surface area contributed by atoms with Crippen molar-refractivity contribution in [3.63, 3.8) is 0 Å². The number of amides is 1. The van der Waals surface area contributed by atoms with Crippen molar-refractivity contribution in [2.45, 2.75) is 18.1 Å². The third-order valence-corrected chi connectivity index (χ3v) is 2.91. The number of hydrogen-bond acceptors (Lipinski definition) is 4. The molecule has 2 atom stereocenters. The molecule has 1 aromatic rings. The van der Waals surface area contributed by atoms with Gasteiger partial charge in [-0.05, 0) is 6.07 Å². The molecule has 0 fully saturated rings. The molecule has 0 spiro atoms. The van der Waals surface area contributed by atoms with E-state index in [0.29, 0.717) is 0 Å². The molecule has 6 nitrogen and oxygen atoms in total. The van der Waals surface area contributed by atoms with E-state index >= 15 is 0 Å². The normalized spacial score (nSPS) is 23.4. The van der Waals surface area contributed by atoms with Crippen LogP contribution >= 0.6 is 0 Å². The molecule has 96 valence electrons. The predicted molar refractivity (Wildman–Crippen MR) is 59.2 cm³/mol. The van der Waals surface area contributed by atoms with Gasteiger partial charge in [0.25, 0.3) is 5.91 Å². The molecule has 2 rings (SSSR count). The fourth-order valence-electron chi connectivity index (χ4n) is 1.94. The Balaban J connectivity index is 2.43. The summed E-state index contributed by atoms with van der Waals surface area (Å²) in [5.41, 5.74) is 3.06. The van der Waals surface area contributed by atoms with Crippen molar-refractivity contribution >= 4 is 17.6 Å². The van der Waals surface area contributed by atoms with E-state index in [1.165, 1.54) is 12.1 Å². The highest BCUT2D eigenvalue weighted by molar-refractivity contribution is 6.05. The van der Waals surface area contributed by atoms with Gasteiger partial charge in [0.2, 0.25) is 0 Å². The molecule has 0 unspecified atom stereocenters. The van der Waals surface area contributed by atoms with Crippen molar-refractivity contribution in [1.29, 1.82) is 0 Å². The molecule has 1 heterocycles. The number of carbonyl (C=O) groups is 2. The number of hydrogen-bond donors (Lipinski definition) is 4. The molecule has 0 aliphatic carbocycles. The third-order valence-electron chi connectivity index (χ3n) is 2.91. The molecule has 1 aliphatic heterocycles. The highest BCUT2D eigenvalue weighted by Gasteiger charge is 2.48. The minimum absolute atomic E-state index is 0.00389. The fraction of sp³-hybridized carbons (Fsp3) is 0.273. The topological polar surface area (TPSA) is 113 Å². The number of nitrogens with one attached hydrogen (secondary N) is 1. The number of carboxylic acids is 1. The summed E-state index contributed by atoms with van der Waals surface area (Å²) in [5.74, 6) is -2.92. The zero-order valence-electron chi connectivity index (χ0n) is 9.18. The Kier molecular flexibility index (Phi) is 2.80. The largest absolute Gasteiger partial charge is 0.480 e. The van der Waals surface area contributed by atoms with Crippen LogP contribution in [-0.2, 0) is 15.2 Å². The molecule has 0 saturated heterocycles. The molecular formula is C11H11FN2O4. The summed E-state index contributed by atoms with van der Waals surface area (Å²) in [5, 5.41) is 21.1. The van der Waals surface area contributed by atoms with Crippen LogP contribution in [0.1, 0.15) is 12.0 Å². The standard InChI is InChI=1S/C11H11FN2O4/c12-6-3-1-2-5-8(6)14-10(17)11(5,18)4-7(13)9(15)16/h1-3,7,18H,4,13H2,(H,14,17)(H,15,16)/t7-,11-/m0/s1. The SMILES string of the molecule is N[C@@H](C[C@@]1(O)C(=O)Nc2c(F)cccc21)C(=O)O. The first kappa shape index (κ1) is 12.5. The van der Waals surface area contributed by atoms with Crippen LogP contribution in [0.4, 0.5) is 10.1 Å². The van der Waals surface area contributed by atoms with Crippen molar-refractivity contribution in [1.82, 2.24) is 0 Å². The van der Waals surface area contributed by atoms with Gasteiger partial charge in [0, 0.05) is 12.0 Å². The number of nitrogens with two attached hydrogens (primary N) is 1. The number of carbonyl (C=O) groups excluding carboxylic acids is 1. The van der Waals surface area contributed by atoms with Crippen molar-refractivity contribution in [2.24, 2.45) is 5.73 Å². The van der Waals surface area contributed by atoms with E-state index in [0.717, 1.165) is 6.07 Å². The summed E-state index contributed by atoms with van der Waals surface area (Å²) in [6.45, 7) is 0. The second-order valence-corrected chi connectivity index (χ2v) is 4.13. The first-order valence-electron chi connectivity index (χ1n) is 5.17. The average molecular weight is 254 g/mol. The van der Waals surface area contributed by atoms with Gasteiger partial charge in [0.15, 0.2) is 5.60 Å². The van der Waals surface area contributed by atoms with Crippen LogP contribution in [0.25, 0.3) is 0 Å². The van der Waals surface area contributed by atoms with E-state index in [9.17, 15) is 19.1 Å². The first-order chi connectivity index (χ1) is 8.36. The lowest BCUT2D eigenvalue weighted by molar-refractivity contribution is -0.143. The van der Waals surface area contributed by atoms with E-state index in [2.05, 4.69) is 5.32 Å². The van der Waals surface area contributed by atoms with Crippen LogP contribution in [-0.4, -0.2) is 28.1 Å². The van der Waals surface area contributed by atoms with Crippen LogP contribution in [0.3, 0.4) is 0 Å². The number of carboxylic acid groups (broad SMARTS) is 1. The number of fused-ring (bicyclic) bond motifs is 1. The summed E-state index contributed by atoms with van der Waals surface area (Å²) in [7, 11) is 0. The first-order valence-corrected chi connectivity index (χ1v) is 5.17. The quantitative estimate of drug-likeness (QED) is 0.595. The van der Waals surface area contributed by atoms with Gasteiger partial charge in [-0.15, -0.1) is 0 Å². The number of aliphatic hydroxyl groups is 1. The van der Waals surface area contributed by atoms with Crippen molar-refractivity contribution in [3.8, 4) is 0 Å². The zero-order chi connectivity index (χ0) is 13.5. The fourth-order valence-corrected chi connectivity index (χ4v) is 1.94. The molecule has 1 aliphatic rings. The lowest BCUT2D eigenvalue weighted by Gasteiger charge is -2.22. The number of aliphatic carboxylic acids is 1. The minimum atomic E-state index is -2.12. The predicted octanol–water partition coefficient (Wildman–Crippen LogP) is -0.233. The van der Waals surface area contributed by atoms with Crippen LogP contribution in [0.15, 0.2) is 18.2 Å². The van der Waals surface area contributed by atoms with Gasteiger partial charge < -0.3 is 21.3 Å². The van der Waals surface area contributed by atoms with Crippen molar-refractivity contribution < 1.29 is 24.2 Å². The van der Waals surface area contributed by atoms with Crippen LogP contribution in [0, 0.1) is 5.82 Å². The number of benzene rings is 1. The number of halogens is 1. The second-order valence-electron chi connectivity index (χ2n) is 4.13. The maximum atomic E-state index is 13.4. The molecule has 0 bridgehead atoms. The van der Waals surface area contributed by atoms with Crippen LogP contribution in [0.2, 0.25) is 0 Å². The van der Waals surface area contributed by atoms with Gasteiger partial charge in [-0.25, -0.2) is 4.39 Å². The van der Waals surface area contributed by atoms with Gasteiger partial charge >= 0.3 is 5.97 Å². The monoisotopic (exact) mass is 254 g/mol. The molecule has 0 radical (unpaired) electrons. The zero-order valence-corrected chi connectivity index (χ0v) is 9.18. The summed E-state index contributed by atoms with van der Waals surface area (Å²) in [4.78, 5) is 22.4. The maximum absolute atomic E-state index is 13.4. The Morgan fingerprint density at radius 1 is 1.56 bits per heavy atom. The molecule has 0 saturated carbocycles. The number of para-hydroxylation sites is 1. The van der Waals surface area contributed by atoms with E-state index < -0.39 is 35.8 Å². The number of rotatable bonds is 3. The summed E-state index contributed by atoms with van der Waals surface area (Å²) < 4.78 is 13.4. The summed E-state index contributed by atoms with van der Waals surface area (Å²) in [6, 6.07) is 2.38. The molecule has 1 aromatic carbocycles. The summed E-state index contributed by atoms with van der Waals surface area (Å²) >= 11 is 0. The maximum Gasteiger partial charge on any atom is 0.320 e. The average Bonchev–Trinajstić information content (AvgIpc) is 2.54. The van der Waals surface area contributed by atoms with Crippen molar-refractivity contribution in [3.05, 3.63) is 29.6 Å². The molecule has 18 heavy (non-hydrogen) atoms.